The fourth-order valence-electron chi connectivity index (χ4n) is 2.27. The number of benzene rings is 1. The molecule has 0 fully saturated rings. The Hall–Kier alpha value is -2.16. The highest BCUT2D eigenvalue weighted by atomic mass is 16.4. The highest BCUT2D eigenvalue weighted by Crippen LogP contribution is 2.27. The van der Waals surface area contributed by atoms with Gasteiger partial charge < -0.3 is 5.11 Å². The van der Waals surface area contributed by atoms with Gasteiger partial charge in [0.2, 0.25) is 0 Å². The third-order valence-electron chi connectivity index (χ3n) is 3.25. The first-order valence-electron chi connectivity index (χ1n) is 6.30. The molecule has 0 amide bonds. The second kappa shape index (κ2) is 5.22. The minimum absolute atomic E-state index is 0.286. The number of nitrogens with zero attached hydrogens (tertiary/aromatic N) is 1. The van der Waals surface area contributed by atoms with E-state index in [-0.39, 0.29) is 5.56 Å². The quantitative estimate of drug-likeness (QED) is 0.905. The van der Waals surface area contributed by atoms with Crippen LogP contribution >= 0.6 is 0 Å². The third-order valence-corrected chi connectivity index (χ3v) is 3.25. The molecule has 0 bridgehead atoms. The molecule has 0 radical (unpaired) electrons. The minimum atomic E-state index is -0.917. The van der Waals surface area contributed by atoms with Gasteiger partial charge in [-0.15, -0.1) is 0 Å². The Balaban J connectivity index is 2.56. The van der Waals surface area contributed by atoms with Gasteiger partial charge in [-0.25, -0.2) is 4.79 Å². The number of aromatic nitrogens is 1. The van der Waals surface area contributed by atoms with Crippen molar-refractivity contribution in [2.75, 3.05) is 0 Å². The van der Waals surface area contributed by atoms with Crippen LogP contribution in [0.2, 0.25) is 0 Å². The number of pyridine rings is 1. The van der Waals surface area contributed by atoms with Crippen molar-refractivity contribution >= 4 is 5.97 Å². The molecule has 0 saturated heterocycles. The van der Waals surface area contributed by atoms with Crippen molar-refractivity contribution in [3.63, 3.8) is 0 Å². The van der Waals surface area contributed by atoms with Crippen molar-refractivity contribution in [3.8, 4) is 11.3 Å². The average molecular weight is 255 g/mol. The summed E-state index contributed by atoms with van der Waals surface area (Å²) in [6.45, 7) is 6.31. The number of rotatable bonds is 3. The SMILES string of the molecule is Cc1c(C(C)C)ccnc1-c1cccc(C(=O)O)c1. The molecule has 98 valence electrons. The van der Waals surface area contributed by atoms with E-state index in [0.717, 1.165) is 16.8 Å². The van der Waals surface area contributed by atoms with E-state index in [4.69, 9.17) is 5.11 Å². The maximum Gasteiger partial charge on any atom is 0.335 e. The summed E-state index contributed by atoms with van der Waals surface area (Å²) in [5.74, 6) is -0.496. The molecule has 0 atom stereocenters. The number of carbonyl (C=O) groups is 1. The topological polar surface area (TPSA) is 50.2 Å². The van der Waals surface area contributed by atoms with Crippen molar-refractivity contribution in [1.29, 1.82) is 0 Å². The Bertz CT molecular complexity index is 618. The number of carboxylic acids is 1. The molecule has 1 N–H and O–H groups in total. The Morgan fingerprint density at radius 3 is 2.63 bits per heavy atom. The first-order chi connectivity index (χ1) is 9.00. The van der Waals surface area contributed by atoms with Crippen LogP contribution in [0.1, 0.15) is 41.3 Å². The number of hydrogen-bond donors (Lipinski definition) is 1. The molecule has 1 aromatic carbocycles. The van der Waals surface area contributed by atoms with Crippen LogP contribution in [0.25, 0.3) is 11.3 Å². The van der Waals surface area contributed by atoms with Gasteiger partial charge >= 0.3 is 5.97 Å². The summed E-state index contributed by atoms with van der Waals surface area (Å²) in [5.41, 5.74) is 4.34. The Labute approximate surface area is 112 Å². The molecule has 0 unspecified atom stereocenters. The van der Waals surface area contributed by atoms with Gasteiger partial charge in [0.1, 0.15) is 0 Å². The molecular formula is C16H17NO2. The third kappa shape index (κ3) is 2.65. The molecular weight excluding hydrogens is 238 g/mol. The van der Waals surface area contributed by atoms with Crippen LogP contribution in [0.4, 0.5) is 0 Å². The summed E-state index contributed by atoms with van der Waals surface area (Å²) < 4.78 is 0. The maximum atomic E-state index is 11.0. The standard InChI is InChI=1S/C16H17NO2/c1-10(2)14-7-8-17-15(11(14)3)12-5-4-6-13(9-12)16(18)19/h4-10H,1-3H3,(H,18,19). The van der Waals surface area contributed by atoms with Crippen molar-refractivity contribution in [2.45, 2.75) is 26.7 Å². The van der Waals surface area contributed by atoms with Gasteiger partial charge in [-0.05, 0) is 42.2 Å². The van der Waals surface area contributed by atoms with E-state index in [1.54, 1.807) is 24.4 Å². The van der Waals surface area contributed by atoms with Crippen LogP contribution in [0.5, 0.6) is 0 Å². The second-order valence-corrected chi connectivity index (χ2v) is 4.91. The molecule has 1 aromatic heterocycles. The molecule has 2 rings (SSSR count). The van der Waals surface area contributed by atoms with E-state index in [1.807, 2.05) is 19.1 Å². The summed E-state index contributed by atoms with van der Waals surface area (Å²) in [5, 5.41) is 9.05. The molecule has 1 heterocycles. The number of carboxylic acid groups (broad SMARTS) is 1. The van der Waals surface area contributed by atoms with Gasteiger partial charge in [0.15, 0.2) is 0 Å². The minimum Gasteiger partial charge on any atom is -0.478 e. The van der Waals surface area contributed by atoms with Crippen molar-refractivity contribution in [3.05, 3.63) is 53.2 Å². The number of aromatic carboxylic acids is 1. The Morgan fingerprint density at radius 1 is 1.26 bits per heavy atom. The summed E-state index contributed by atoms with van der Waals surface area (Å²) in [6.07, 6.45) is 1.78. The largest absolute Gasteiger partial charge is 0.478 e. The van der Waals surface area contributed by atoms with Gasteiger partial charge in [-0.1, -0.05) is 26.0 Å². The molecule has 0 spiro atoms. The van der Waals surface area contributed by atoms with Crippen LogP contribution in [0, 0.1) is 6.92 Å². The van der Waals surface area contributed by atoms with E-state index in [1.165, 1.54) is 5.56 Å². The lowest BCUT2D eigenvalue weighted by Crippen LogP contribution is -1.99. The zero-order chi connectivity index (χ0) is 14.0. The predicted molar refractivity (Wildman–Crippen MR) is 75.5 cm³/mol. The van der Waals surface area contributed by atoms with Crippen LogP contribution in [0.15, 0.2) is 36.5 Å². The van der Waals surface area contributed by atoms with E-state index in [9.17, 15) is 4.79 Å². The monoisotopic (exact) mass is 255 g/mol. The fraction of sp³-hybridized carbons (Fsp3) is 0.250. The molecule has 3 heteroatoms. The Morgan fingerprint density at radius 2 is 2.00 bits per heavy atom. The first kappa shape index (κ1) is 13.3. The molecule has 0 aliphatic rings. The van der Waals surface area contributed by atoms with Crippen molar-refractivity contribution in [2.24, 2.45) is 0 Å². The zero-order valence-electron chi connectivity index (χ0n) is 11.3. The second-order valence-electron chi connectivity index (χ2n) is 4.91. The van der Waals surface area contributed by atoms with Gasteiger partial charge in [-0.2, -0.15) is 0 Å². The lowest BCUT2D eigenvalue weighted by atomic mass is 9.95. The lowest BCUT2D eigenvalue weighted by molar-refractivity contribution is 0.0697. The van der Waals surface area contributed by atoms with E-state index >= 15 is 0 Å². The van der Waals surface area contributed by atoms with Gasteiger partial charge in [0, 0.05) is 11.8 Å². The molecule has 0 aliphatic carbocycles. The van der Waals surface area contributed by atoms with E-state index in [0.29, 0.717) is 5.92 Å². The Kier molecular flexibility index (Phi) is 3.65. The van der Waals surface area contributed by atoms with Gasteiger partial charge in [0.25, 0.3) is 0 Å². The maximum absolute atomic E-state index is 11.0. The first-order valence-corrected chi connectivity index (χ1v) is 6.30. The number of hydrogen-bond acceptors (Lipinski definition) is 2. The van der Waals surface area contributed by atoms with E-state index < -0.39 is 5.97 Å². The van der Waals surface area contributed by atoms with Crippen LogP contribution in [-0.4, -0.2) is 16.1 Å². The average Bonchev–Trinajstić information content (AvgIpc) is 2.38. The fourth-order valence-corrected chi connectivity index (χ4v) is 2.27. The smallest absolute Gasteiger partial charge is 0.335 e. The van der Waals surface area contributed by atoms with Crippen LogP contribution in [0.3, 0.4) is 0 Å². The summed E-state index contributed by atoms with van der Waals surface area (Å²) in [7, 11) is 0. The van der Waals surface area contributed by atoms with Crippen molar-refractivity contribution < 1.29 is 9.90 Å². The summed E-state index contributed by atoms with van der Waals surface area (Å²) in [4.78, 5) is 15.4. The lowest BCUT2D eigenvalue weighted by Gasteiger charge is -2.13. The summed E-state index contributed by atoms with van der Waals surface area (Å²) >= 11 is 0. The normalized spacial score (nSPS) is 10.7. The van der Waals surface area contributed by atoms with Gasteiger partial charge in [0.05, 0.1) is 11.3 Å². The van der Waals surface area contributed by atoms with Crippen LogP contribution in [-0.2, 0) is 0 Å². The molecule has 0 aliphatic heterocycles. The summed E-state index contributed by atoms with van der Waals surface area (Å²) in [6, 6.07) is 8.92. The molecule has 0 saturated carbocycles. The predicted octanol–water partition coefficient (Wildman–Crippen LogP) is 3.88. The van der Waals surface area contributed by atoms with Crippen molar-refractivity contribution in [1.82, 2.24) is 4.98 Å². The zero-order valence-corrected chi connectivity index (χ0v) is 11.3. The van der Waals surface area contributed by atoms with Crippen LogP contribution < -0.4 is 0 Å². The highest BCUT2D eigenvalue weighted by Gasteiger charge is 2.11. The van der Waals surface area contributed by atoms with E-state index in [2.05, 4.69) is 18.8 Å². The molecule has 3 nitrogen and oxygen atoms in total. The highest BCUT2D eigenvalue weighted by molar-refractivity contribution is 5.89. The van der Waals surface area contributed by atoms with Gasteiger partial charge in [-0.3, -0.25) is 4.98 Å². The molecule has 2 aromatic rings. The molecule has 19 heavy (non-hydrogen) atoms.